The highest BCUT2D eigenvalue weighted by Crippen LogP contribution is 2.30. The van der Waals surface area contributed by atoms with Crippen molar-refractivity contribution in [1.82, 2.24) is 9.88 Å². The van der Waals surface area contributed by atoms with Crippen molar-refractivity contribution in [2.24, 2.45) is 0 Å². The smallest absolute Gasteiger partial charge is 0.119 e. The molecule has 2 atom stereocenters. The quantitative estimate of drug-likeness (QED) is 0.859. The predicted octanol–water partition coefficient (Wildman–Crippen LogP) is 2.46. The van der Waals surface area contributed by atoms with E-state index >= 15 is 0 Å². The molecule has 5 nitrogen and oxygen atoms in total. The Labute approximate surface area is 136 Å². The zero-order chi connectivity index (χ0) is 16.1. The lowest BCUT2D eigenvalue weighted by molar-refractivity contribution is 0.0634. The fourth-order valence-corrected chi connectivity index (χ4v) is 3.09. The number of nitrogens with zero attached hydrogens (tertiary/aromatic N) is 2. The van der Waals surface area contributed by atoms with E-state index in [-0.39, 0.29) is 6.61 Å². The van der Waals surface area contributed by atoms with Crippen LogP contribution in [0.5, 0.6) is 5.75 Å². The molecule has 120 valence electrons. The van der Waals surface area contributed by atoms with Gasteiger partial charge < -0.3 is 14.8 Å². The molecular weight excluding hydrogens is 290 g/mol. The zero-order valence-electron chi connectivity index (χ0n) is 13.0. The van der Waals surface area contributed by atoms with Crippen molar-refractivity contribution in [3.63, 3.8) is 0 Å². The molecule has 5 heteroatoms. The SMILES string of the molecule is N#Cc1ccc(OCC(O)CN2CCCC2c2ccc[nH]2)cc1. The molecule has 2 aromatic rings. The third-order valence-electron chi connectivity index (χ3n) is 4.22. The summed E-state index contributed by atoms with van der Waals surface area (Å²) in [7, 11) is 0. The number of nitriles is 1. The van der Waals surface area contributed by atoms with Crippen LogP contribution in [0.4, 0.5) is 0 Å². The number of nitrogens with one attached hydrogen (secondary N) is 1. The van der Waals surface area contributed by atoms with E-state index in [1.54, 1.807) is 24.3 Å². The average molecular weight is 311 g/mol. The molecule has 0 saturated carbocycles. The summed E-state index contributed by atoms with van der Waals surface area (Å²) in [5.41, 5.74) is 1.81. The summed E-state index contributed by atoms with van der Waals surface area (Å²) in [6.45, 7) is 1.84. The Bertz CT molecular complexity index is 646. The Hall–Kier alpha value is -2.29. The van der Waals surface area contributed by atoms with Gasteiger partial charge in [-0.25, -0.2) is 0 Å². The minimum Gasteiger partial charge on any atom is -0.491 e. The number of likely N-dealkylation sites (tertiary alicyclic amines) is 1. The Kier molecular flexibility index (Phi) is 4.96. The Balaban J connectivity index is 1.50. The second-order valence-corrected chi connectivity index (χ2v) is 5.88. The standard InChI is InChI=1S/C18H21N3O2/c19-11-14-5-7-16(8-6-14)23-13-15(22)12-21-10-2-4-18(21)17-3-1-9-20-17/h1,3,5-9,15,18,20,22H,2,4,10,12-13H2. The summed E-state index contributed by atoms with van der Waals surface area (Å²) < 4.78 is 5.61. The first kappa shape index (κ1) is 15.6. The molecule has 1 aliphatic rings. The van der Waals surface area contributed by atoms with Gasteiger partial charge in [0.2, 0.25) is 0 Å². The summed E-state index contributed by atoms with van der Waals surface area (Å²) in [5.74, 6) is 0.672. The average Bonchev–Trinajstić information content (AvgIpc) is 3.24. The summed E-state index contributed by atoms with van der Waals surface area (Å²) >= 11 is 0. The number of β-amino-alcohol motifs (C(OH)–C–C–N with tert-alkyl or cyclic N) is 1. The number of benzene rings is 1. The van der Waals surface area contributed by atoms with Gasteiger partial charge in [0, 0.05) is 24.5 Å². The summed E-state index contributed by atoms with van der Waals surface area (Å²) in [5, 5.41) is 19.0. The molecule has 0 amide bonds. The normalized spacial score (nSPS) is 19.4. The summed E-state index contributed by atoms with van der Waals surface area (Å²) in [6.07, 6.45) is 3.66. The molecule has 2 heterocycles. The number of hydrogen-bond acceptors (Lipinski definition) is 4. The zero-order valence-corrected chi connectivity index (χ0v) is 13.0. The fourth-order valence-electron chi connectivity index (χ4n) is 3.09. The number of aliphatic hydroxyl groups is 1. The lowest BCUT2D eigenvalue weighted by Crippen LogP contribution is -2.35. The number of rotatable bonds is 6. The third-order valence-corrected chi connectivity index (χ3v) is 4.22. The number of hydrogen-bond donors (Lipinski definition) is 2. The van der Waals surface area contributed by atoms with E-state index in [0.29, 0.717) is 23.9 Å². The van der Waals surface area contributed by atoms with Gasteiger partial charge in [0.25, 0.3) is 0 Å². The number of ether oxygens (including phenoxy) is 1. The van der Waals surface area contributed by atoms with E-state index in [0.717, 1.165) is 19.4 Å². The largest absolute Gasteiger partial charge is 0.491 e. The first-order chi connectivity index (χ1) is 11.3. The van der Waals surface area contributed by atoms with E-state index in [9.17, 15) is 5.11 Å². The van der Waals surface area contributed by atoms with Gasteiger partial charge in [0.05, 0.1) is 11.6 Å². The van der Waals surface area contributed by atoms with Gasteiger partial charge in [-0.05, 0) is 55.8 Å². The first-order valence-corrected chi connectivity index (χ1v) is 7.94. The van der Waals surface area contributed by atoms with Gasteiger partial charge in [-0.3, -0.25) is 4.90 Å². The topological polar surface area (TPSA) is 72.3 Å². The Morgan fingerprint density at radius 3 is 2.87 bits per heavy atom. The maximum atomic E-state index is 10.3. The number of H-pyrrole nitrogens is 1. The molecule has 0 radical (unpaired) electrons. The van der Waals surface area contributed by atoms with Crippen molar-refractivity contribution in [3.8, 4) is 11.8 Å². The van der Waals surface area contributed by atoms with Crippen LogP contribution in [0.15, 0.2) is 42.6 Å². The second-order valence-electron chi connectivity index (χ2n) is 5.88. The lowest BCUT2D eigenvalue weighted by atomic mass is 10.1. The van der Waals surface area contributed by atoms with Crippen LogP contribution in [0.1, 0.15) is 30.1 Å². The molecule has 1 aliphatic heterocycles. The lowest BCUT2D eigenvalue weighted by Gasteiger charge is -2.26. The van der Waals surface area contributed by atoms with E-state index in [1.165, 1.54) is 5.69 Å². The van der Waals surface area contributed by atoms with E-state index in [2.05, 4.69) is 22.0 Å². The summed E-state index contributed by atoms with van der Waals surface area (Å²) in [6, 6.07) is 13.5. The van der Waals surface area contributed by atoms with E-state index in [1.807, 2.05) is 12.3 Å². The molecule has 23 heavy (non-hydrogen) atoms. The fraction of sp³-hybridized carbons (Fsp3) is 0.389. The first-order valence-electron chi connectivity index (χ1n) is 7.94. The van der Waals surface area contributed by atoms with Crippen LogP contribution >= 0.6 is 0 Å². The maximum absolute atomic E-state index is 10.3. The Morgan fingerprint density at radius 1 is 1.35 bits per heavy atom. The predicted molar refractivity (Wildman–Crippen MR) is 87.0 cm³/mol. The highest BCUT2D eigenvalue weighted by molar-refractivity contribution is 5.34. The number of aliphatic hydroxyl groups excluding tert-OH is 1. The van der Waals surface area contributed by atoms with Crippen molar-refractivity contribution >= 4 is 0 Å². The highest BCUT2D eigenvalue weighted by Gasteiger charge is 2.28. The van der Waals surface area contributed by atoms with Crippen molar-refractivity contribution in [2.45, 2.75) is 25.0 Å². The molecule has 1 aromatic heterocycles. The van der Waals surface area contributed by atoms with Crippen LogP contribution in [0.25, 0.3) is 0 Å². The minimum absolute atomic E-state index is 0.250. The van der Waals surface area contributed by atoms with E-state index < -0.39 is 6.10 Å². The van der Waals surface area contributed by atoms with Crippen LogP contribution in [0.3, 0.4) is 0 Å². The van der Waals surface area contributed by atoms with Gasteiger partial charge in [0.1, 0.15) is 18.5 Å². The van der Waals surface area contributed by atoms with Gasteiger partial charge in [-0.1, -0.05) is 0 Å². The molecule has 1 aromatic carbocycles. The molecular formula is C18H21N3O2. The molecule has 0 spiro atoms. The van der Waals surface area contributed by atoms with Crippen molar-refractivity contribution < 1.29 is 9.84 Å². The van der Waals surface area contributed by atoms with Gasteiger partial charge in [-0.2, -0.15) is 5.26 Å². The van der Waals surface area contributed by atoms with Crippen LogP contribution < -0.4 is 4.74 Å². The molecule has 2 N–H and O–H groups in total. The van der Waals surface area contributed by atoms with Crippen molar-refractivity contribution in [1.29, 1.82) is 5.26 Å². The third kappa shape index (κ3) is 3.92. The molecule has 3 rings (SSSR count). The molecule has 1 fully saturated rings. The Morgan fingerprint density at radius 2 is 2.17 bits per heavy atom. The van der Waals surface area contributed by atoms with Crippen molar-refractivity contribution in [2.75, 3.05) is 19.7 Å². The second kappa shape index (κ2) is 7.32. The summed E-state index contributed by atoms with van der Waals surface area (Å²) in [4.78, 5) is 5.57. The van der Waals surface area contributed by atoms with Crippen LogP contribution in [-0.4, -0.2) is 40.8 Å². The molecule has 1 saturated heterocycles. The van der Waals surface area contributed by atoms with Gasteiger partial charge in [-0.15, -0.1) is 0 Å². The molecule has 0 aliphatic carbocycles. The van der Waals surface area contributed by atoms with E-state index in [4.69, 9.17) is 10.00 Å². The monoisotopic (exact) mass is 311 g/mol. The van der Waals surface area contributed by atoms with Crippen molar-refractivity contribution in [3.05, 3.63) is 53.9 Å². The van der Waals surface area contributed by atoms with Crippen LogP contribution in [0, 0.1) is 11.3 Å². The van der Waals surface area contributed by atoms with Crippen LogP contribution in [-0.2, 0) is 0 Å². The van der Waals surface area contributed by atoms with Gasteiger partial charge in [0.15, 0.2) is 0 Å². The number of aromatic amines is 1. The van der Waals surface area contributed by atoms with Crippen LogP contribution in [0.2, 0.25) is 0 Å². The highest BCUT2D eigenvalue weighted by atomic mass is 16.5. The molecule has 2 unspecified atom stereocenters. The minimum atomic E-state index is -0.541. The maximum Gasteiger partial charge on any atom is 0.119 e. The molecule has 0 bridgehead atoms. The van der Waals surface area contributed by atoms with Gasteiger partial charge >= 0.3 is 0 Å². The number of aromatic nitrogens is 1.